The predicted molar refractivity (Wildman–Crippen MR) is 101 cm³/mol. The first-order valence-corrected chi connectivity index (χ1v) is 8.07. The minimum Gasteiger partial charge on any atom is -0.332 e. The van der Waals surface area contributed by atoms with E-state index in [2.05, 4.69) is 75.6 Å². The zero-order valence-electron chi connectivity index (χ0n) is 14.0. The Hall–Kier alpha value is -1.87. The van der Waals surface area contributed by atoms with Crippen LogP contribution in [0.15, 0.2) is 30.3 Å². The standard InChI is InChI=1S/C19H24N2S/c1-6-16-9-7-8-13(3)18(16)21-19(22)20-17-14(4)10-12(2)11-15(17)5/h7-11H,6H2,1-5H3,(H2,20,21,22). The molecule has 22 heavy (non-hydrogen) atoms. The molecule has 0 heterocycles. The van der Waals surface area contributed by atoms with Gasteiger partial charge in [0.15, 0.2) is 5.11 Å². The molecule has 0 aliphatic carbocycles. The fourth-order valence-corrected chi connectivity index (χ4v) is 3.04. The summed E-state index contributed by atoms with van der Waals surface area (Å²) < 4.78 is 0. The second kappa shape index (κ2) is 6.93. The molecule has 2 nitrogen and oxygen atoms in total. The van der Waals surface area contributed by atoms with Crippen molar-refractivity contribution in [2.75, 3.05) is 10.6 Å². The van der Waals surface area contributed by atoms with E-state index in [1.165, 1.54) is 27.8 Å². The number of rotatable bonds is 3. The average molecular weight is 312 g/mol. The van der Waals surface area contributed by atoms with Crippen LogP contribution in [-0.2, 0) is 6.42 Å². The van der Waals surface area contributed by atoms with E-state index < -0.39 is 0 Å². The third-order valence-corrected chi connectivity index (χ3v) is 4.10. The van der Waals surface area contributed by atoms with Crippen LogP contribution in [0.1, 0.15) is 34.7 Å². The van der Waals surface area contributed by atoms with Gasteiger partial charge in [-0.15, -0.1) is 0 Å². The summed E-state index contributed by atoms with van der Waals surface area (Å²) in [7, 11) is 0. The lowest BCUT2D eigenvalue weighted by Gasteiger charge is -2.18. The number of thiocarbonyl (C=S) groups is 1. The minimum atomic E-state index is 0.638. The van der Waals surface area contributed by atoms with Gasteiger partial charge in [0.05, 0.1) is 0 Å². The second-order valence-corrected chi connectivity index (χ2v) is 6.22. The maximum Gasteiger partial charge on any atom is 0.175 e. The van der Waals surface area contributed by atoms with Crippen LogP contribution in [0, 0.1) is 27.7 Å². The van der Waals surface area contributed by atoms with Crippen LogP contribution in [0.3, 0.4) is 0 Å². The molecule has 2 N–H and O–H groups in total. The molecular weight excluding hydrogens is 288 g/mol. The molecule has 0 aliphatic rings. The van der Waals surface area contributed by atoms with Crippen molar-refractivity contribution in [2.45, 2.75) is 41.0 Å². The van der Waals surface area contributed by atoms with Gasteiger partial charge in [-0.05, 0) is 68.6 Å². The summed E-state index contributed by atoms with van der Waals surface area (Å²) >= 11 is 5.52. The number of hydrogen-bond acceptors (Lipinski definition) is 1. The molecule has 2 aromatic carbocycles. The van der Waals surface area contributed by atoms with Gasteiger partial charge in [0.2, 0.25) is 0 Å². The first-order valence-electron chi connectivity index (χ1n) is 7.66. The molecular formula is C19H24N2S. The van der Waals surface area contributed by atoms with Crippen molar-refractivity contribution in [1.82, 2.24) is 0 Å². The van der Waals surface area contributed by atoms with Crippen LogP contribution in [0.2, 0.25) is 0 Å². The molecule has 0 radical (unpaired) electrons. The van der Waals surface area contributed by atoms with Crippen molar-refractivity contribution in [2.24, 2.45) is 0 Å². The maximum absolute atomic E-state index is 5.52. The molecule has 0 aliphatic heterocycles. The number of para-hydroxylation sites is 1. The fourth-order valence-electron chi connectivity index (χ4n) is 2.84. The molecule has 0 saturated heterocycles. The first kappa shape index (κ1) is 16.5. The zero-order valence-corrected chi connectivity index (χ0v) is 14.8. The lowest BCUT2D eigenvalue weighted by Crippen LogP contribution is -2.21. The predicted octanol–water partition coefficient (Wildman–Crippen LogP) is 5.29. The molecule has 3 heteroatoms. The Morgan fingerprint density at radius 1 is 0.909 bits per heavy atom. The van der Waals surface area contributed by atoms with Crippen LogP contribution in [0.4, 0.5) is 11.4 Å². The second-order valence-electron chi connectivity index (χ2n) is 5.82. The maximum atomic E-state index is 5.52. The zero-order chi connectivity index (χ0) is 16.3. The summed E-state index contributed by atoms with van der Waals surface area (Å²) in [5, 5.41) is 7.36. The summed E-state index contributed by atoms with van der Waals surface area (Å²) in [6.07, 6.45) is 0.981. The van der Waals surface area contributed by atoms with Gasteiger partial charge in [-0.3, -0.25) is 0 Å². The summed E-state index contributed by atoms with van der Waals surface area (Å²) in [5.74, 6) is 0. The van der Waals surface area contributed by atoms with Gasteiger partial charge in [0.1, 0.15) is 0 Å². The van der Waals surface area contributed by atoms with Crippen molar-refractivity contribution in [3.8, 4) is 0 Å². The molecule has 0 spiro atoms. The van der Waals surface area contributed by atoms with E-state index in [4.69, 9.17) is 12.2 Å². The Labute approximate surface area is 139 Å². The van der Waals surface area contributed by atoms with Gasteiger partial charge in [0.25, 0.3) is 0 Å². The number of hydrogen-bond donors (Lipinski definition) is 2. The monoisotopic (exact) mass is 312 g/mol. The van der Waals surface area contributed by atoms with E-state index in [1.807, 2.05) is 0 Å². The normalized spacial score (nSPS) is 10.4. The Morgan fingerprint density at radius 2 is 1.50 bits per heavy atom. The molecule has 0 aromatic heterocycles. The van der Waals surface area contributed by atoms with E-state index in [-0.39, 0.29) is 0 Å². The van der Waals surface area contributed by atoms with Crippen molar-refractivity contribution in [3.05, 3.63) is 58.1 Å². The van der Waals surface area contributed by atoms with E-state index in [1.54, 1.807) is 0 Å². The Kier molecular flexibility index (Phi) is 5.19. The van der Waals surface area contributed by atoms with Gasteiger partial charge in [-0.25, -0.2) is 0 Å². The lowest BCUT2D eigenvalue weighted by molar-refractivity contribution is 1.13. The molecule has 0 amide bonds. The van der Waals surface area contributed by atoms with Gasteiger partial charge < -0.3 is 10.6 Å². The molecule has 0 unspecified atom stereocenters. The van der Waals surface area contributed by atoms with Crippen LogP contribution in [0.25, 0.3) is 0 Å². The van der Waals surface area contributed by atoms with Gasteiger partial charge >= 0.3 is 0 Å². The number of aryl methyl sites for hydroxylation is 5. The summed E-state index contributed by atoms with van der Waals surface area (Å²) in [6, 6.07) is 10.7. The van der Waals surface area contributed by atoms with E-state index in [0.29, 0.717) is 5.11 Å². The summed E-state index contributed by atoms with van der Waals surface area (Å²) in [6.45, 7) is 10.6. The molecule has 0 fully saturated rings. The number of nitrogens with one attached hydrogen (secondary N) is 2. The van der Waals surface area contributed by atoms with Crippen LogP contribution in [-0.4, -0.2) is 5.11 Å². The molecule has 2 aromatic rings. The summed E-state index contributed by atoms with van der Waals surface area (Å²) in [5.41, 5.74) is 8.39. The Balaban J connectivity index is 2.22. The van der Waals surface area contributed by atoms with Crippen LogP contribution >= 0.6 is 12.2 Å². The number of anilines is 2. The van der Waals surface area contributed by atoms with Gasteiger partial charge in [-0.1, -0.05) is 42.8 Å². The van der Waals surface area contributed by atoms with Crippen molar-refractivity contribution in [1.29, 1.82) is 0 Å². The lowest BCUT2D eigenvalue weighted by atomic mass is 10.1. The SMILES string of the molecule is CCc1cccc(C)c1NC(=S)Nc1c(C)cc(C)cc1C. The van der Waals surface area contributed by atoms with Crippen molar-refractivity contribution in [3.63, 3.8) is 0 Å². The minimum absolute atomic E-state index is 0.638. The van der Waals surface area contributed by atoms with E-state index in [9.17, 15) is 0 Å². The van der Waals surface area contributed by atoms with Crippen LogP contribution < -0.4 is 10.6 Å². The first-order chi connectivity index (χ1) is 10.4. The highest BCUT2D eigenvalue weighted by Crippen LogP contribution is 2.24. The van der Waals surface area contributed by atoms with E-state index >= 15 is 0 Å². The smallest absolute Gasteiger partial charge is 0.175 e. The average Bonchev–Trinajstić information content (AvgIpc) is 2.45. The van der Waals surface area contributed by atoms with Crippen molar-refractivity contribution < 1.29 is 0 Å². The topological polar surface area (TPSA) is 24.1 Å². The highest BCUT2D eigenvalue weighted by atomic mass is 32.1. The van der Waals surface area contributed by atoms with Gasteiger partial charge in [0, 0.05) is 11.4 Å². The Morgan fingerprint density at radius 3 is 2.09 bits per heavy atom. The van der Waals surface area contributed by atoms with Crippen LogP contribution in [0.5, 0.6) is 0 Å². The molecule has 0 bridgehead atoms. The Bertz CT molecular complexity index is 682. The van der Waals surface area contributed by atoms with Crippen molar-refractivity contribution >= 4 is 28.7 Å². The number of benzene rings is 2. The molecule has 116 valence electrons. The third-order valence-electron chi connectivity index (χ3n) is 3.89. The van der Waals surface area contributed by atoms with E-state index in [0.717, 1.165) is 17.8 Å². The highest BCUT2D eigenvalue weighted by Gasteiger charge is 2.09. The third kappa shape index (κ3) is 3.66. The fraction of sp³-hybridized carbons (Fsp3) is 0.316. The molecule has 0 atom stereocenters. The van der Waals surface area contributed by atoms with Gasteiger partial charge in [-0.2, -0.15) is 0 Å². The largest absolute Gasteiger partial charge is 0.332 e. The summed E-state index contributed by atoms with van der Waals surface area (Å²) in [4.78, 5) is 0. The molecule has 0 saturated carbocycles. The quantitative estimate of drug-likeness (QED) is 0.753. The molecule has 2 rings (SSSR count). The highest BCUT2D eigenvalue weighted by molar-refractivity contribution is 7.80.